The number of halogens is 4. The van der Waals surface area contributed by atoms with Crippen LogP contribution in [-0.2, 0) is 17.5 Å². The second kappa shape index (κ2) is 10.1. The maximum absolute atomic E-state index is 13.2. The lowest BCUT2D eigenvalue weighted by Gasteiger charge is -2.34. The van der Waals surface area contributed by atoms with Crippen molar-refractivity contribution < 1.29 is 22.3 Å². The van der Waals surface area contributed by atoms with E-state index in [9.17, 15) is 17.6 Å². The zero-order chi connectivity index (χ0) is 20.7. The summed E-state index contributed by atoms with van der Waals surface area (Å²) in [5.41, 5.74) is -1.04. The van der Waals surface area contributed by atoms with Gasteiger partial charge >= 0.3 is 6.18 Å². The summed E-state index contributed by atoms with van der Waals surface area (Å²) in [4.78, 5) is 6.37. The Morgan fingerprint density at radius 1 is 1.32 bits per heavy atom. The molecule has 0 amide bonds. The minimum absolute atomic E-state index is 0.0254. The smallest absolute Gasteiger partial charge is 0.374 e. The molecule has 1 aromatic rings. The summed E-state index contributed by atoms with van der Waals surface area (Å²) in [7, 11) is 1.54. The topological polar surface area (TPSA) is 48.9 Å². The monoisotopic (exact) mass is 404 g/mol. The van der Waals surface area contributed by atoms with Gasteiger partial charge in [0, 0.05) is 39.8 Å². The van der Waals surface area contributed by atoms with Crippen molar-refractivity contribution in [2.24, 2.45) is 10.9 Å². The molecule has 1 unspecified atom stereocenters. The highest BCUT2D eigenvalue weighted by Crippen LogP contribution is 2.32. The van der Waals surface area contributed by atoms with Crippen LogP contribution in [0.15, 0.2) is 23.2 Å². The molecule has 1 aliphatic heterocycles. The summed E-state index contributed by atoms with van der Waals surface area (Å²) in [6.45, 7) is 8.03. The van der Waals surface area contributed by atoms with Crippen molar-refractivity contribution in [3.63, 3.8) is 0 Å². The molecule has 9 heteroatoms. The fourth-order valence-corrected chi connectivity index (χ4v) is 3.16. The molecule has 1 aliphatic rings. The first-order valence-corrected chi connectivity index (χ1v) is 9.33. The third kappa shape index (κ3) is 6.94. The van der Waals surface area contributed by atoms with Crippen molar-refractivity contribution in [3.05, 3.63) is 35.1 Å². The van der Waals surface area contributed by atoms with Crippen LogP contribution in [0.4, 0.5) is 17.6 Å². The zero-order valence-corrected chi connectivity index (χ0v) is 16.4. The molecule has 1 aromatic carbocycles. The third-order valence-corrected chi connectivity index (χ3v) is 4.39. The van der Waals surface area contributed by atoms with E-state index in [1.54, 1.807) is 0 Å². The second-order valence-corrected chi connectivity index (χ2v) is 7.25. The molecular weight excluding hydrogens is 376 g/mol. The van der Waals surface area contributed by atoms with Crippen LogP contribution in [0.2, 0.25) is 0 Å². The molecular formula is C19H28F4N4O. The van der Waals surface area contributed by atoms with Crippen molar-refractivity contribution in [2.75, 3.05) is 39.8 Å². The molecule has 0 spiro atoms. The quantitative estimate of drug-likeness (QED) is 0.435. The first-order valence-electron chi connectivity index (χ1n) is 9.33. The van der Waals surface area contributed by atoms with Gasteiger partial charge < -0.3 is 15.4 Å². The molecule has 0 saturated carbocycles. The number of rotatable bonds is 6. The first kappa shape index (κ1) is 22.4. The van der Waals surface area contributed by atoms with Crippen molar-refractivity contribution >= 4 is 5.96 Å². The van der Waals surface area contributed by atoms with Gasteiger partial charge in [-0.2, -0.15) is 13.2 Å². The van der Waals surface area contributed by atoms with E-state index in [-0.39, 0.29) is 18.2 Å². The summed E-state index contributed by atoms with van der Waals surface area (Å²) < 4.78 is 58.2. The van der Waals surface area contributed by atoms with Crippen molar-refractivity contribution in [3.8, 4) is 0 Å². The van der Waals surface area contributed by atoms with Gasteiger partial charge in [0.15, 0.2) is 5.96 Å². The van der Waals surface area contributed by atoms with Crippen molar-refractivity contribution in [1.29, 1.82) is 0 Å². The average Bonchev–Trinajstić information content (AvgIpc) is 2.61. The highest BCUT2D eigenvalue weighted by molar-refractivity contribution is 5.79. The summed E-state index contributed by atoms with van der Waals surface area (Å²) in [5.74, 6) is 0.0145. The maximum atomic E-state index is 13.2. The van der Waals surface area contributed by atoms with Crippen LogP contribution >= 0.6 is 0 Å². The van der Waals surface area contributed by atoms with Gasteiger partial charge in [0.2, 0.25) is 0 Å². The van der Waals surface area contributed by atoms with E-state index in [0.29, 0.717) is 31.1 Å². The lowest BCUT2D eigenvalue weighted by atomic mass is 10.1. The van der Waals surface area contributed by atoms with Crippen LogP contribution in [0, 0.1) is 11.7 Å². The van der Waals surface area contributed by atoms with E-state index in [1.807, 2.05) is 0 Å². The summed E-state index contributed by atoms with van der Waals surface area (Å²) >= 11 is 0. The molecule has 28 heavy (non-hydrogen) atoms. The summed E-state index contributed by atoms with van der Waals surface area (Å²) in [6.07, 6.45) is -4.64. The average molecular weight is 404 g/mol. The maximum Gasteiger partial charge on any atom is 0.416 e. The Morgan fingerprint density at radius 3 is 2.71 bits per heavy atom. The van der Waals surface area contributed by atoms with Gasteiger partial charge in [-0.15, -0.1) is 0 Å². The van der Waals surface area contributed by atoms with Gasteiger partial charge in [-0.05, 0) is 23.6 Å². The largest absolute Gasteiger partial charge is 0.416 e. The van der Waals surface area contributed by atoms with E-state index in [1.165, 1.54) is 7.05 Å². The number of morpholine rings is 1. The first-order chi connectivity index (χ1) is 13.2. The van der Waals surface area contributed by atoms with Gasteiger partial charge in [-0.3, -0.25) is 9.89 Å². The Bertz CT molecular complexity index is 664. The highest BCUT2D eigenvalue weighted by atomic mass is 19.4. The van der Waals surface area contributed by atoms with Gasteiger partial charge in [0.1, 0.15) is 5.82 Å². The number of hydrogen-bond donors (Lipinski definition) is 2. The van der Waals surface area contributed by atoms with Crippen LogP contribution in [0.3, 0.4) is 0 Å². The second-order valence-electron chi connectivity index (χ2n) is 7.25. The standard InChI is InChI=1S/C19H28F4N4O/c1-13(2)11-27-6-7-28-16(12-27)10-26-18(24-3)25-9-14-4-5-15(20)8-17(14)19(21,22)23/h4-5,8,13,16H,6-7,9-12H2,1-3H3,(H2,24,25,26). The number of aliphatic imine (C=N–C) groups is 1. The predicted octanol–water partition coefficient (Wildman–Crippen LogP) is 2.87. The zero-order valence-electron chi connectivity index (χ0n) is 16.4. The fraction of sp³-hybridized carbons (Fsp3) is 0.632. The van der Waals surface area contributed by atoms with Gasteiger partial charge in [-0.1, -0.05) is 19.9 Å². The Morgan fingerprint density at radius 2 is 2.07 bits per heavy atom. The molecule has 0 bridgehead atoms. The Kier molecular flexibility index (Phi) is 8.06. The van der Waals surface area contributed by atoms with Crippen LogP contribution < -0.4 is 10.6 Å². The van der Waals surface area contributed by atoms with E-state index < -0.39 is 17.6 Å². The Hall–Kier alpha value is -1.87. The highest BCUT2D eigenvalue weighted by Gasteiger charge is 2.33. The molecule has 2 N–H and O–H groups in total. The molecule has 1 saturated heterocycles. The van der Waals surface area contributed by atoms with Crippen molar-refractivity contribution in [2.45, 2.75) is 32.7 Å². The van der Waals surface area contributed by atoms with Crippen LogP contribution in [0.1, 0.15) is 25.0 Å². The number of hydrogen-bond acceptors (Lipinski definition) is 3. The molecule has 0 aromatic heterocycles. The van der Waals surface area contributed by atoms with Crippen LogP contribution in [0.25, 0.3) is 0 Å². The van der Waals surface area contributed by atoms with E-state index in [4.69, 9.17) is 4.74 Å². The number of guanidine groups is 1. The normalized spacial score (nSPS) is 19.1. The minimum Gasteiger partial charge on any atom is -0.374 e. The number of benzene rings is 1. The summed E-state index contributed by atoms with van der Waals surface area (Å²) in [5, 5.41) is 5.93. The van der Waals surface area contributed by atoms with Crippen LogP contribution in [0.5, 0.6) is 0 Å². The molecule has 1 fully saturated rings. The van der Waals surface area contributed by atoms with Gasteiger partial charge in [-0.25, -0.2) is 4.39 Å². The molecule has 2 rings (SSSR count). The lowest BCUT2D eigenvalue weighted by molar-refractivity contribution is -0.138. The minimum atomic E-state index is -4.62. The number of alkyl halides is 3. The van der Waals surface area contributed by atoms with Gasteiger partial charge in [0.25, 0.3) is 0 Å². The predicted molar refractivity (Wildman–Crippen MR) is 101 cm³/mol. The molecule has 1 atom stereocenters. The van der Waals surface area contributed by atoms with Crippen LogP contribution in [-0.4, -0.2) is 56.8 Å². The Balaban J connectivity index is 1.89. The van der Waals surface area contributed by atoms with Crippen molar-refractivity contribution in [1.82, 2.24) is 15.5 Å². The third-order valence-electron chi connectivity index (χ3n) is 4.39. The Labute approximate surface area is 163 Å². The van der Waals surface area contributed by atoms with E-state index in [0.717, 1.165) is 31.8 Å². The number of nitrogens with one attached hydrogen (secondary N) is 2. The summed E-state index contributed by atoms with van der Waals surface area (Å²) in [6, 6.07) is 2.65. The molecule has 1 heterocycles. The molecule has 0 radical (unpaired) electrons. The molecule has 158 valence electrons. The molecule has 0 aliphatic carbocycles. The van der Waals surface area contributed by atoms with Gasteiger partial charge in [0.05, 0.1) is 18.3 Å². The number of ether oxygens (including phenoxy) is 1. The van der Waals surface area contributed by atoms with E-state index in [2.05, 4.69) is 34.4 Å². The fourth-order valence-electron chi connectivity index (χ4n) is 3.16. The van der Waals surface area contributed by atoms with E-state index >= 15 is 0 Å². The lowest BCUT2D eigenvalue weighted by Crippen LogP contribution is -2.50. The molecule has 5 nitrogen and oxygen atoms in total. The number of nitrogens with zero attached hydrogens (tertiary/aromatic N) is 2. The SMILES string of the molecule is CN=C(NCc1ccc(F)cc1C(F)(F)F)NCC1CN(CC(C)C)CCO1.